The molecule has 2 aromatic heterocycles. The van der Waals surface area contributed by atoms with Crippen molar-refractivity contribution in [2.45, 2.75) is 20.0 Å². The van der Waals surface area contributed by atoms with Crippen molar-refractivity contribution in [1.29, 1.82) is 0 Å². The van der Waals surface area contributed by atoms with Gasteiger partial charge in [-0.15, -0.1) is 0 Å². The van der Waals surface area contributed by atoms with E-state index in [2.05, 4.69) is 10.1 Å². The molecule has 0 unspecified atom stereocenters. The third kappa shape index (κ3) is 3.63. The minimum Gasteiger partial charge on any atom is -0.380 e. The van der Waals surface area contributed by atoms with Crippen LogP contribution in [0.5, 0.6) is 0 Å². The zero-order chi connectivity index (χ0) is 17.8. The topological polar surface area (TPSA) is 93.4 Å². The summed E-state index contributed by atoms with van der Waals surface area (Å²) in [5.74, 6) is -0.159. The molecule has 8 nitrogen and oxygen atoms in total. The van der Waals surface area contributed by atoms with Gasteiger partial charge in [-0.2, -0.15) is 0 Å². The van der Waals surface area contributed by atoms with E-state index in [4.69, 9.17) is 9.26 Å². The highest BCUT2D eigenvalue weighted by Gasteiger charge is 2.15. The quantitative estimate of drug-likeness (QED) is 0.658. The van der Waals surface area contributed by atoms with E-state index in [-0.39, 0.29) is 11.6 Å². The third-order valence-electron chi connectivity index (χ3n) is 3.92. The molecule has 0 radical (unpaired) electrons. The number of nitrogens with zero attached hydrogens (tertiary/aromatic N) is 3. The lowest BCUT2D eigenvalue weighted by Gasteiger charge is -2.15. The number of aromatic nitrogens is 3. The van der Waals surface area contributed by atoms with Gasteiger partial charge in [0.15, 0.2) is 0 Å². The summed E-state index contributed by atoms with van der Waals surface area (Å²) in [4.78, 5) is 29.0. The van der Waals surface area contributed by atoms with Gasteiger partial charge < -0.3 is 19.1 Å². The number of H-pyrrole nitrogens is 1. The summed E-state index contributed by atoms with van der Waals surface area (Å²) in [6.45, 7) is 3.79. The number of rotatable bonds is 7. The maximum atomic E-state index is 12.6. The highest BCUT2D eigenvalue weighted by molar-refractivity contribution is 5.97. The predicted molar refractivity (Wildman–Crippen MR) is 91.4 cm³/mol. The van der Waals surface area contributed by atoms with E-state index in [0.717, 1.165) is 5.52 Å². The SMILES string of the molecule is CCOCCn1c(=O)[nH]c2cc(C(=O)N(C)Cc3ccon3)ccc21. The van der Waals surface area contributed by atoms with Crippen molar-refractivity contribution in [3.8, 4) is 0 Å². The van der Waals surface area contributed by atoms with Gasteiger partial charge in [-0.1, -0.05) is 5.16 Å². The number of carbonyl (C=O) groups excluding carboxylic acids is 1. The molecule has 0 spiro atoms. The molecule has 0 aliphatic heterocycles. The molecular formula is C17H20N4O4. The second-order valence-electron chi connectivity index (χ2n) is 5.66. The Morgan fingerprint density at radius 2 is 2.24 bits per heavy atom. The number of ether oxygens (including phenoxy) is 1. The van der Waals surface area contributed by atoms with Crippen LogP contribution in [0.1, 0.15) is 23.0 Å². The maximum absolute atomic E-state index is 12.6. The molecule has 0 saturated heterocycles. The Hall–Kier alpha value is -2.87. The number of nitrogens with one attached hydrogen (secondary N) is 1. The molecule has 0 aliphatic carbocycles. The van der Waals surface area contributed by atoms with E-state index >= 15 is 0 Å². The van der Waals surface area contributed by atoms with Gasteiger partial charge in [0.25, 0.3) is 5.91 Å². The fraction of sp³-hybridized carbons (Fsp3) is 0.353. The summed E-state index contributed by atoms with van der Waals surface area (Å²) >= 11 is 0. The minimum atomic E-state index is -0.213. The van der Waals surface area contributed by atoms with Gasteiger partial charge in [0.1, 0.15) is 12.0 Å². The molecule has 1 N–H and O–H groups in total. The second kappa shape index (κ2) is 7.35. The second-order valence-corrected chi connectivity index (χ2v) is 5.66. The van der Waals surface area contributed by atoms with E-state index in [1.54, 1.807) is 40.8 Å². The van der Waals surface area contributed by atoms with Crippen LogP contribution in [0.3, 0.4) is 0 Å². The van der Waals surface area contributed by atoms with Crippen LogP contribution in [0.25, 0.3) is 11.0 Å². The van der Waals surface area contributed by atoms with Gasteiger partial charge in [0.2, 0.25) is 0 Å². The van der Waals surface area contributed by atoms with E-state index in [0.29, 0.717) is 43.1 Å². The fourth-order valence-corrected chi connectivity index (χ4v) is 2.67. The van der Waals surface area contributed by atoms with Crippen LogP contribution in [0.4, 0.5) is 0 Å². The molecule has 8 heteroatoms. The molecule has 0 saturated carbocycles. The first kappa shape index (κ1) is 17.0. The largest absolute Gasteiger partial charge is 0.380 e. The smallest absolute Gasteiger partial charge is 0.326 e. The van der Waals surface area contributed by atoms with Gasteiger partial charge >= 0.3 is 5.69 Å². The molecule has 2 heterocycles. The number of amides is 1. The van der Waals surface area contributed by atoms with Crippen molar-refractivity contribution in [3.05, 3.63) is 52.3 Å². The number of carbonyl (C=O) groups is 1. The van der Waals surface area contributed by atoms with Crippen LogP contribution in [-0.4, -0.2) is 45.8 Å². The summed E-state index contributed by atoms with van der Waals surface area (Å²) in [6.07, 6.45) is 1.47. The summed E-state index contributed by atoms with van der Waals surface area (Å²) in [5.41, 5.74) is 2.34. The van der Waals surface area contributed by atoms with Crippen molar-refractivity contribution in [2.75, 3.05) is 20.3 Å². The molecule has 0 fully saturated rings. The summed E-state index contributed by atoms with van der Waals surface area (Å²) in [7, 11) is 1.69. The van der Waals surface area contributed by atoms with Gasteiger partial charge in [-0.05, 0) is 25.1 Å². The normalized spacial score (nSPS) is 11.1. The molecule has 3 rings (SSSR count). The van der Waals surface area contributed by atoms with Crippen molar-refractivity contribution in [3.63, 3.8) is 0 Å². The summed E-state index contributed by atoms with van der Waals surface area (Å²) < 4.78 is 11.7. The average molecular weight is 344 g/mol. The van der Waals surface area contributed by atoms with Crippen molar-refractivity contribution >= 4 is 16.9 Å². The highest BCUT2D eigenvalue weighted by atomic mass is 16.5. The highest BCUT2D eigenvalue weighted by Crippen LogP contribution is 2.15. The fourth-order valence-electron chi connectivity index (χ4n) is 2.67. The molecule has 25 heavy (non-hydrogen) atoms. The average Bonchev–Trinajstić information content (AvgIpc) is 3.21. The Balaban J connectivity index is 1.81. The molecule has 0 aliphatic rings. The van der Waals surface area contributed by atoms with Crippen LogP contribution in [0.2, 0.25) is 0 Å². The van der Waals surface area contributed by atoms with Crippen molar-refractivity contribution in [2.24, 2.45) is 0 Å². The predicted octanol–water partition coefficient (Wildman–Crippen LogP) is 1.63. The van der Waals surface area contributed by atoms with Crippen LogP contribution >= 0.6 is 0 Å². The summed E-state index contributed by atoms with van der Waals surface area (Å²) in [5, 5.41) is 3.80. The molecule has 0 atom stereocenters. The van der Waals surface area contributed by atoms with Crippen LogP contribution in [0.15, 0.2) is 39.8 Å². The molecular weight excluding hydrogens is 324 g/mol. The van der Waals surface area contributed by atoms with Gasteiger partial charge in [0, 0.05) is 25.3 Å². The maximum Gasteiger partial charge on any atom is 0.326 e. The first-order valence-electron chi connectivity index (χ1n) is 8.05. The Morgan fingerprint density at radius 3 is 2.96 bits per heavy atom. The van der Waals surface area contributed by atoms with Crippen molar-refractivity contribution in [1.82, 2.24) is 19.6 Å². The number of hydrogen-bond donors (Lipinski definition) is 1. The van der Waals surface area contributed by atoms with Crippen LogP contribution < -0.4 is 5.69 Å². The lowest BCUT2D eigenvalue weighted by atomic mass is 10.1. The third-order valence-corrected chi connectivity index (χ3v) is 3.92. The van der Waals surface area contributed by atoms with E-state index in [1.807, 2.05) is 6.92 Å². The first-order valence-corrected chi connectivity index (χ1v) is 8.05. The number of imidazole rings is 1. The minimum absolute atomic E-state index is 0.159. The van der Waals surface area contributed by atoms with E-state index in [9.17, 15) is 9.59 Å². The lowest BCUT2D eigenvalue weighted by molar-refractivity contribution is 0.0782. The van der Waals surface area contributed by atoms with Gasteiger partial charge in [-0.25, -0.2) is 4.79 Å². The zero-order valence-electron chi connectivity index (χ0n) is 14.2. The number of benzene rings is 1. The zero-order valence-corrected chi connectivity index (χ0v) is 14.2. The monoisotopic (exact) mass is 344 g/mol. The molecule has 132 valence electrons. The molecule has 1 aromatic carbocycles. The first-order chi connectivity index (χ1) is 12.1. The van der Waals surface area contributed by atoms with Gasteiger partial charge in [0.05, 0.1) is 30.7 Å². The standard InChI is InChI=1S/C17H20N4O4/c1-3-24-9-7-21-15-5-4-12(10-14(15)18-17(21)23)16(22)20(2)11-13-6-8-25-19-13/h4-6,8,10H,3,7,9,11H2,1-2H3,(H,18,23). The van der Waals surface area contributed by atoms with E-state index < -0.39 is 0 Å². The van der Waals surface area contributed by atoms with Crippen molar-refractivity contribution < 1.29 is 14.1 Å². The Morgan fingerprint density at radius 1 is 1.40 bits per heavy atom. The number of fused-ring (bicyclic) bond motifs is 1. The number of hydrogen-bond acceptors (Lipinski definition) is 5. The number of aromatic amines is 1. The lowest BCUT2D eigenvalue weighted by Crippen LogP contribution is -2.26. The van der Waals surface area contributed by atoms with E-state index in [1.165, 1.54) is 6.26 Å². The Labute approximate surface area is 144 Å². The van der Waals surface area contributed by atoms with Crippen LogP contribution in [-0.2, 0) is 17.8 Å². The van der Waals surface area contributed by atoms with Crippen LogP contribution in [0, 0.1) is 0 Å². The molecule has 3 aromatic rings. The Bertz CT molecular complexity index is 911. The summed E-state index contributed by atoms with van der Waals surface area (Å²) in [6, 6.07) is 6.89. The Kier molecular flexibility index (Phi) is 4.99. The molecule has 0 bridgehead atoms. The van der Waals surface area contributed by atoms with Gasteiger partial charge in [-0.3, -0.25) is 9.36 Å². The molecule has 1 amide bonds.